The predicted molar refractivity (Wildman–Crippen MR) is 153 cm³/mol. The molecule has 0 radical (unpaired) electrons. The van der Waals surface area contributed by atoms with Crippen LogP contribution in [0.15, 0.2) is 53.6 Å². The summed E-state index contributed by atoms with van der Waals surface area (Å²) < 4.78 is 0. The molecule has 0 aliphatic carbocycles. The third kappa shape index (κ3) is 10.5. The van der Waals surface area contributed by atoms with E-state index >= 15 is 0 Å². The van der Waals surface area contributed by atoms with Crippen molar-refractivity contribution in [1.29, 1.82) is 0 Å². The molecule has 1 aliphatic heterocycles. The second kappa shape index (κ2) is 19.7. The Hall–Kier alpha value is -2.69. The van der Waals surface area contributed by atoms with Crippen molar-refractivity contribution in [3.8, 4) is 0 Å². The lowest BCUT2D eigenvalue weighted by atomic mass is 9.88. The maximum Gasteiger partial charge on any atom is 0.228 e. The molecule has 1 fully saturated rings. The van der Waals surface area contributed by atoms with Gasteiger partial charge in [0.05, 0.1) is 5.69 Å². The van der Waals surface area contributed by atoms with Gasteiger partial charge in [-0.05, 0) is 43.8 Å². The van der Waals surface area contributed by atoms with Gasteiger partial charge >= 0.3 is 0 Å². The molecule has 1 aromatic rings. The zero-order valence-electron chi connectivity index (χ0n) is 23.7. The number of aromatic nitrogens is 2. The lowest BCUT2D eigenvalue weighted by molar-refractivity contribution is -0.120. The average Bonchev–Trinajstić information content (AvgIpc) is 3.35. The second-order valence-corrected chi connectivity index (χ2v) is 7.42. The van der Waals surface area contributed by atoms with Gasteiger partial charge in [0.15, 0.2) is 5.82 Å². The van der Waals surface area contributed by atoms with E-state index in [4.69, 9.17) is 0 Å². The summed E-state index contributed by atoms with van der Waals surface area (Å²) in [6.45, 7) is 24.8. The summed E-state index contributed by atoms with van der Waals surface area (Å²) in [5.74, 6) is 1.43. The Morgan fingerprint density at radius 1 is 1.24 bits per heavy atom. The number of nitrogens with one attached hydrogen (secondary N) is 1. The SMILES string of the molecule is C=C/C=C(\C=C/C)c1cc(N2CCC(/C(C)=C/C(=NC)C(C)C)CC2=O)n[nH]1.CC.CC.CC. The minimum atomic E-state index is 0.113. The van der Waals surface area contributed by atoms with Crippen LogP contribution in [0.2, 0.25) is 0 Å². The Balaban J connectivity index is 0. The van der Waals surface area contributed by atoms with Gasteiger partial charge in [0, 0.05) is 31.8 Å². The zero-order chi connectivity index (χ0) is 26.7. The van der Waals surface area contributed by atoms with Gasteiger partial charge in [0.2, 0.25) is 5.91 Å². The van der Waals surface area contributed by atoms with Crippen LogP contribution in [0, 0.1) is 11.8 Å². The van der Waals surface area contributed by atoms with Crippen LogP contribution < -0.4 is 4.90 Å². The van der Waals surface area contributed by atoms with Crippen LogP contribution in [-0.4, -0.2) is 35.4 Å². The van der Waals surface area contributed by atoms with E-state index in [1.54, 1.807) is 11.0 Å². The Morgan fingerprint density at radius 2 is 1.85 bits per heavy atom. The molecular formula is C29H50N4O. The molecule has 34 heavy (non-hydrogen) atoms. The molecule has 1 atom stereocenters. The van der Waals surface area contributed by atoms with Crippen molar-refractivity contribution in [2.75, 3.05) is 18.5 Å². The first-order chi connectivity index (χ1) is 16.4. The van der Waals surface area contributed by atoms with Crippen LogP contribution in [0.3, 0.4) is 0 Å². The molecule has 5 nitrogen and oxygen atoms in total. The number of allylic oxidation sites excluding steroid dienone is 7. The fourth-order valence-corrected chi connectivity index (χ4v) is 3.44. The monoisotopic (exact) mass is 470 g/mol. The number of aliphatic imine (C=N–C) groups is 1. The van der Waals surface area contributed by atoms with Gasteiger partial charge in [0.25, 0.3) is 0 Å². The van der Waals surface area contributed by atoms with E-state index < -0.39 is 0 Å². The zero-order valence-corrected chi connectivity index (χ0v) is 23.7. The summed E-state index contributed by atoms with van der Waals surface area (Å²) in [6.07, 6.45) is 11.2. The number of hydrogen-bond donors (Lipinski definition) is 1. The first-order valence-corrected chi connectivity index (χ1v) is 12.9. The Labute approximate surface area is 209 Å². The van der Waals surface area contributed by atoms with Gasteiger partial charge in [-0.25, -0.2) is 0 Å². The van der Waals surface area contributed by atoms with Gasteiger partial charge in [-0.2, -0.15) is 5.10 Å². The highest BCUT2D eigenvalue weighted by atomic mass is 16.2. The van der Waals surface area contributed by atoms with Crippen LogP contribution in [0.1, 0.15) is 87.8 Å². The average molecular weight is 471 g/mol. The van der Waals surface area contributed by atoms with E-state index in [9.17, 15) is 4.79 Å². The lowest BCUT2D eigenvalue weighted by Crippen LogP contribution is -2.39. The third-order valence-electron chi connectivity index (χ3n) is 5.09. The molecule has 1 saturated heterocycles. The highest BCUT2D eigenvalue weighted by Gasteiger charge is 2.29. The molecule has 5 heteroatoms. The second-order valence-electron chi connectivity index (χ2n) is 7.42. The summed E-state index contributed by atoms with van der Waals surface area (Å²) in [5, 5.41) is 7.40. The fraction of sp³-hybridized carbons (Fsp3) is 0.552. The van der Waals surface area contributed by atoms with Crippen molar-refractivity contribution in [2.45, 2.75) is 82.1 Å². The van der Waals surface area contributed by atoms with Crippen molar-refractivity contribution in [2.24, 2.45) is 16.8 Å². The van der Waals surface area contributed by atoms with Gasteiger partial charge < -0.3 is 0 Å². The maximum atomic E-state index is 12.8. The molecule has 0 spiro atoms. The van der Waals surface area contributed by atoms with Crippen molar-refractivity contribution < 1.29 is 4.79 Å². The number of nitrogens with zero attached hydrogens (tertiary/aromatic N) is 3. The molecular weight excluding hydrogens is 420 g/mol. The van der Waals surface area contributed by atoms with E-state index in [0.29, 0.717) is 24.7 Å². The molecule has 1 amide bonds. The van der Waals surface area contributed by atoms with Crippen molar-refractivity contribution >= 4 is 23.0 Å². The number of rotatable bonds is 7. The topological polar surface area (TPSA) is 61.4 Å². The Bertz CT molecular complexity index is 825. The maximum absolute atomic E-state index is 12.8. The largest absolute Gasteiger partial charge is 0.295 e. The van der Waals surface area contributed by atoms with Gasteiger partial charge in [-0.3, -0.25) is 19.8 Å². The summed E-state index contributed by atoms with van der Waals surface area (Å²) >= 11 is 0. The predicted octanol–water partition coefficient (Wildman–Crippen LogP) is 8.05. The van der Waals surface area contributed by atoms with E-state index in [1.807, 2.05) is 79.8 Å². The minimum absolute atomic E-state index is 0.113. The number of aromatic amines is 1. The van der Waals surface area contributed by atoms with Crippen LogP contribution in [-0.2, 0) is 4.79 Å². The Kier molecular flexibility index (Phi) is 19.4. The van der Waals surface area contributed by atoms with Gasteiger partial charge in [-0.1, -0.05) is 91.8 Å². The Morgan fingerprint density at radius 3 is 2.32 bits per heavy atom. The molecule has 1 aromatic heterocycles. The molecule has 1 unspecified atom stereocenters. The summed E-state index contributed by atoms with van der Waals surface area (Å²) in [7, 11) is 1.82. The van der Waals surface area contributed by atoms with Crippen LogP contribution >= 0.6 is 0 Å². The minimum Gasteiger partial charge on any atom is -0.295 e. The van der Waals surface area contributed by atoms with E-state index in [-0.39, 0.29) is 11.8 Å². The van der Waals surface area contributed by atoms with Crippen molar-refractivity contribution in [1.82, 2.24) is 10.2 Å². The highest BCUT2D eigenvalue weighted by Crippen LogP contribution is 2.29. The summed E-state index contributed by atoms with van der Waals surface area (Å²) in [4.78, 5) is 18.9. The number of amides is 1. The van der Waals surface area contributed by atoms with E-state index in [1.165, 1.54) is 5.57 Å². The highest BCUT2D eigenvalue weighted by molar-refractivity contribution is 5.97. The lowest BCUT2D eigenvalue weighted by Gasteiger charge is -2.31. The molecule has 2 rings (SSSR count). The van der Waals surface area contributed by atoms with Gasteiger partial charge in [0.1, 0.15) is 0 Å². The molecule has 192 valence electrons. The molecule has 1 aliphatic rings. The quantitative estimate of drug-likeness (QED) is 0.323. The summed E-state index contributed by atoms with van der Waals surface area (Å²) in [5.41, 5.74) is 4.17. The molecule has 0 saturated carbocycles. The van der Waals surface area contributed by atoms with Crippen molar-refractivity contribution in [3.63, 3.8) is 0 Å². The van der Waals surface area contributed by atoms with Crippen LogP contribution in [0.5, 0.6) is 0 Å². The number of anilines is 1. The van der Waals surface area contributed by atoms with Gasteiger partial charge in [-0.15, -0.1) is 0 Å². The first-order valence-electron chi connectivity index (χ1n) is 12.9. The summed E-state index contributed by atoms with van der Waals surface area (Å²) in [6, 6.07) is 1.93. The van der Waals surface area contributed by atoms with Crippen LogP contribution in [0.25, 0.3) is 5.57 Å². The molecule has 1 N–H and O–H groups in total. The first kappa shape index (κ1) is 33.5. The molecule has 0 aromatic carbocycles. The number of piperidine rings is 1. The normalized spacial score (nSPS) is 16.8. The van der Waals surface area contributed by atoms with E-state index in [0.717, 1.165) is 23.4 Å². The number of H-pyrrole nitrogens is 1. The van der Waals surface area contributed by atoms with Crippen LogP contribution in [0.4, 0.5) is 5.82 Å². The standard InChI is InChI=1S/C23H32N4O.3C2H6/c1-7-9-18(10-8-2)21-15-22(26-25-21)27-12-11-19(14-23(27)28)17(5)13-20(24-6)16(3)4;3*1-2/h7-10,13,15-16,19H,1,11-12,14H2,2-6H3,(H,25,26);3*1-2H3/b10-8-,17-13+,18-9+,24-20?;;;. The van der Waals surface area contributed by atoms with Crippen molar-refractivity contribution in [3.05, 3.63) is 54.3 Å². The van der Waals surface area contributed by atoms with E-state index in [2.05, 4.69) is 48.6 Å². The third-order valence-corrected chi connectivity index (χ3v) is 5.09. The smallest absolute Gasteiger partial charge is 0.228 e. The number of hydrogen-bond acceptors (Lipinski definition) is 3. The number of carbonyl (C=O) groups excluding carboxylic acids is 1. The molecule has 0 bridgehead atoms. The number of carbonyl (C=O) groups is 1. The fourth-order valence-electron chi connectivity index (χ4n) is 3.44. The molecule has 2 heterocycles.